The lowest BCUT2D eigenvalue weighted by Gasteiger charge is -2.43. The fourth-order valence-corrected chi connectivity index (χ4v) is 3.65. The predicted octanol–water partition coefficient (Wildman–Crippen LogP) is 1.41. The van der Waals surface area contributed by atoms with Gasteiger partial charge >= 0.3 is 0 Å². The molecule has 0 bridgehead atoms. The number of carbonyl (C=O) groups is 2. The van der Waals surface area contributed by atoms with E-state index < -0.39 is 0 Å². The summed E-state index contributed by atoms with van der Waals surface area (Å²) < 4.78 is 0. The molecule has 136 valence electrons. The smallest absolute Gasteiger partial charge is 0.255 e. The molecule has 2 aliphatic rings. The highest BCUT2D eigenvalue weighted by Gasteiger charge is 2.31. The minimum absolute atomic E-state index is 0.0106. The lowest BCUT2D eigenvalue weighted by molar-refractivity contribution is -0.116. The second-order valence-electron chi connectivity index (χ2n) is 7.04. The fourth-order valence-electron chi connectivity index (χ4n) is 3.65. The van der Waals surface area contributed by atoms with E-state index in [4.69, 9.17) is 0 Å². The Bertz CT molecular complexity index is 675. The lowest BCUT2D eigenvalue weighted by atomic mass is 10.1. The van der Waals surface area contributed by atoms with Gasteiger partial charge in [0.05, 0.1) is 17.8 Å². The van der Waals surface area contributed by atoms with Gasteiger partial charge in [-0.1, -0.05) is 6.92 Å². The third-order valence-electron chi connectivity index (χ3n) is 5.21. The number of aromatic nitrogens is 1. The van der Waals surface area contributed by atoms with Crippen LogP contribution < -0.4 is 10.2 Å². The summed E-state index contributed by atoms with van der Waals surface area (Å²) in [6.45, 7) is 9.15. The van der Waals surface area contributed by atoms with Gasteiger partial charge in [0.2, 0.25) is 5.91 Å². The fraction of sp³-hybridized carbons (Fsp3) is 0.611. The molecule has 0 aliphatic carbocycles. The van der Waals surface area contributed by atoms with Gasteiger partial charge in [-0.05, 0) is 26.3 Å². The SMILES string of the molecule is CCC1CN(C(=O)c2cnc3c(c2)N(C)C(=O)CN3)CCN1C(C)C. The van der Waals surface area contributed by atoms with Gasteiger partial charge in [0.15, 0.2) is 0 Å². The Labute approximate surface area is 149 Å². The number of hydrogen-bond acceptors (Lipinski definition) is 5. The first kappa shape index (κ1) is 17.7. The molecule has 1 atom stereocenters. The molecule has 2 aliphatic heterocycles. The van der Waals surface area contributed by atoms with Crippen molar-refractivity contribution in [3.8, 4) is 0 Å². The maximum Gasteiger partial charge on any atom is 0.255 e. The van der Waals surface area contributed by atoms with Gasteiger partial charge in [-0.2, -0.15) is 0 Å². The lowest BCUT2D eigenvalue weighted by Crippen LogP contribution is -2.56. The average molecular weight is 345 g/mol. The molecule has 1 saturated heterocycles. The summed E-state index contributed by atoms with van der Waals surface area (Å²) in [5.41, 5.74) is 1.20. The number of pyridine rings is 1. The molecule has 1 unspecified atom stereocenters. The van der Waals surface area contributed by atoms with Crippen LogP contribution in [0.3, 0.4) is 0 Å². The molecule has 1 N–H and O–H groups in total. The van der Waals surface area contributed by atoms with Crippen LogP contribution in [-0.2, 0) is 4.79 Å². The Kier molecular flexibility index (Phi) is 4.94. The zero-order valence-corrected chi connectivity index (χ0v) is 15.5. The Hall–Kier alpha value is -2.15. The molecule has 1 fully saturated rings. The molecule has 0 radical (unpaired) electrons. The summed E-state index contributed by atoms with van der Waals surface area (Å²) in [5, 5.41) is 2.99. The third kappa shape index (κ3) is 3.33. The molecule has 7 nitrogen and oxygen atoms in total. The van der Waals surface area contributed by atoms with Crippen molar-refractivity contribution in [1.82, 2.24) is 14.8 Å². The van der Waals surface area contributed by atoms with E-state index in [0.29, 0.717) is 29.2 Å². The van der Waals surface area contributed by atoms with Crippen molar-refractivity contribution >= 4 is 23.3 Å². The van der Waals surface area contributed by atoms with Crippen LogP contribution in [0.4, 0.5) is 11.5 Å². The largest absolute Gasteiger partial charge is 0.359 e. The van der Waals surface area contributed by atoms with Crippen molar-refractivity contribution in [2.24, 2.45) is 0 Å². The van der Waals surface area contributed by atoms with Gasteiger partial charge in [-0.15, -0.1) is 0 Å². The van der Waals surface area contributed by atoms with Gasteiger partial charge in [0, 0.05) is 45.0 Å². The maximum atomic E-state index is 13.0. The zero-order chi connectivity index (χ0) is 18.1. The number of nitrogens with zero attached hydrogens (tertiary/aromatic N) is 4. The van der Waals surface area contributed by atoms with E-state index in [9.17, 15) is 9.59 Å². The van der Waals surface area contributed by atoms with Crippen molar-refractivity contribution in [3.63, 3.8) is 0 Å². The number of rotatable bonds is 3. The van der Waals surface area contributed by atoms with E-state index in [2.05, 4.69) is 36.0 Å². The monoisotopic (exact) mass is 345 g/mol. The van der Waals surface area contributed by atoms with Crippen molar-refractivity contribution in [3.05, 3.63) is 17.8 Å². The van der Waals surface area contributed by atoms with Gasteiger partial charge < -0.3 is 15.1 Å². The number of hydrogen-bond donors (Lipinski definition) is 1. The Balaban J connectivity index is 1.79. The van der Waals surface area contributed by atoms with Gasteiger partial charge in [-0.3, -0.25) is 14.5 Å². The Morgan fingerprint density at radius 2 is 2.16 bits per heavy atom. The molecule has 25 heavy (non-hydrogen) atoms. The molecule has 0 spiro atoms. The van der Waals surface area contributed by atoms with Crippen LogP contribution in [-0.4, -0.2) is 71.9 Å². The molecule has 3 heterocycles. The number of anilines is 2. The first-order chi connectivity index (χ1) is 11.9. The Morgan fingerprint density at radius 1 is 1.40 bits per heavy atom. The van der Waals surface area contributed by atoms with Gasteiger partial charge in [0.25, 0.3) is 5.91 Å². The summed E-state index contributed by atoms with van der Waals surface area (Å²) in [5.74, 6) is 0.605. The highest BCUT2D eigenvalue weighted by Crippen LogP contribution is 2.28. The van der Waals surface area contributed by atoms with Crippen LogP contribution in [0.2, 0.25) is 0 Å². The van der Waals surface area contributed by atoms with E-state index in [1.54, 1.807) is 24.2 Å². The molecule has 1 aromatic heterocycles. The zero-order valence-electron chi connectivity index (χ0n) is 15.5. The standard InChI is InChI=1S/C18H27N5O2/c1-5-14-11-22(6-7-23(14)12(2)3)18(25)13-8-15-17(19-9-13)20-10-16(24)21(15)4/h8-9,12,14H,5-7,10-11H2,1-4H3,(H,19,20). The summed E-state index contributed by atoms with van der Waals surface area (Å²) in [6, 6.07) is 2.64. The number of nitrogens with one attached hydrogen (secondary N) is 1. The second kappa shape index (κ2) is 7.00. The van der Waals surface area contributed by atoms with E-state index in [-0.39, 0.29) is 18.4 Å². The van der Waals surface area contributed by atoms with E-state index in [1.807, 2.05) is 4.90 Å². The molecular formula is C18H27N5O2. The molecule has 3 rings (SSSR count). The summed E-state index contributed by atoms with van der Waals surface area (Å²) >= 11 is 0. The van der Waals surface area contributed by atoms with Crippen LogP contribution in [0, 0.1) is 0 Å². The quantitative estimate of drug-likeness (QED) is 0.897. The maximum absolute atomic E-state index is 13.0. The average Bonchev–Trinajstić information content (AvgIpc) is 2.63. The van der Waals surface area contributed by atoms with Crippen LogP contribution >= 0.6 is 0 Å². The van der Waals surface area contributed by atoms with E-state index in [0.717, 1.165) is 26.1 Å². The molecule has 0 aromatic carbocycles. The highest BCUT2D eigenvalue weighted by atomic mass is 16.2. The topological polar surface area (TPSA) is 68.8 Å². The molecular weight excluding hydrogens is 318 g/mol. The van der Waals surface area contributed by atoms with Crippen LogP contribution in [0.15, 0.2) is 12.3 Å². The third-order valence-corrected chi connectivity index (χ3v) is 5.21. The van der Waals surface area contributed by atoms with Crippen LogP contribution in [0.5, 0.6) is 0 Å². The van der Waals surface area contributed by atoms with Crippen molar-refractivity contribution in [2.45, 2.75) is 39.3 Å². The molecule has 7 heteroatoms. The molecule has 2 amide bonds. The first-order valence-corrected chi connectivity index (χ1v) is 8.97. The van der Waals surface area contributed by atoms with Crippen LogP contribution in [0.25, 0.3) is 0 Å². The van der Waals surface area contributed by atoms with Crippen LogP contribution in [0.1, 0.15) is 37.6 Å². The van der Waals surface area contributed by atoms with E-state index in [1.165, 1.54) is 0 Å². The van der Waals surface area contributed by atoms with Crippen molar-refractivity contribution in [1.29, 1.82) is 0 Å². The number of carbonyl (C=O) groups excluding carboxylic acids is 2. The number of likely N-dealkylation sites (N-methyl/N-ethyl adjacent to an activating group) is 1. The molecule has 1 aromatic rings. The summed E-state index contributed by atoms with van der Waals surface area (Å²) in [7, 11) is 1.71. The minimum Gasteiger partial charge on any atom is -0.359 e. The Morgan fingerprint density at radius 3 is 2.84 bits per heavy atom. The number of fused-ring (bicyclic) bond motifs is 1. The predicted molar refractivity (Wildman–Crippen MR) is 98.0 cm³/mol. The summed E-state index contributed by atoms with van der Waals surface area (Å²) in [4.78, 5) is 35.1. The van der Waals surface area contributed by atoms with Gasteiger partial charge in [0.1, 0.15) is 5.82 Å². The highest BCUT2D eigenvalue weighted by molar-refractivity contribution is 6.03. The summed E-state index contributed by atoms with van der Waals surface area (Å²) in [6.07, 6.45) is 2.62. The van der Waals surface area contributed by atoms with E-state index >= 15 is 0 Å². The number of amides is 2. The van der Waals surface area contributed by atoms with Crippen molar-refractivity contribution in [2.75, 3.05) is 43.4 Å². The van der Waals surface area contributed by atoms with Crippen molar-refractivity contribution < 1.29 is 9.59 Å². The first-order valence-electron chi connectivity index (χ1n) is 8.97. The van der Waals surface area contributed by atoms with Gasteiger partial charge in [-0.25, -0.2) is 4.98 Å². The minimum atomic E-state index is -0.0320. The number of piperazine rings is 1. The molecule has 0 saturated carbocycles. The normalized spacial score (nSPS) is 21.3. The second-order valence-corrected chi connectivity index (χ2v) is 7.04.